The van der Waals surface area contributed by atoms with Crippen molar-refractivity contribution in [3.8, 4) is 0 Å². The molecule has 3 rings (SSSR count). The average molecular weight is 293 g/mol. The number of hydrogen-bond donors (Lipinski definition) is 1. The number of nitrogens with one attached hydrogen (secondary N) is 1. The highest BCUT2D eigenvalue weighted by atomic mass is 32.1. The van der Waals surface area contributed by atoms with Crippen LogP contribution in [-0.4, -0.2) is 22.7 Å². The Balaban J connectivity index is 1.49. The van der Waals surface area contributed by atoms with Crippen molar-refractivity contribution in [3.05, 3.63) is 34.1 Å². The maximum Gasteiger partial charge on any atom is 0.255 e. The van der Waals surface area contributed by atoms with Crippen molar-refractivity contribution in [2.45, 2.75) is 31.9 Å². The monoisotopic (exact) mass is 293 g/mol. The van der Waals surface area contributed by atoms with Gasteiger partial charge in [0.1, 0.15) is 6.10 Å². The van der Waals surface area contributed by atoms with Gasteiger partial charge in [-0.3, -0.25) is 4.79 Å². The predicted molar refractivity (Wildman–Crippen MR) is 72.1 cm³/mol. The number of ether oxygens (including phenoxy) is 1. The van der Waals surface area contributed by atoms with Gasteiger partial charge in [0.25, 0.3) is 5.89 Å². The summed E-state index contributed by atoms with van der Waals surface area (Å²) in [5.74, 6) is 0.936. The molecule has 1 fully saturated rings. The molecule has 1 saturated heterocycles. The summed E-state index contributed by atoms with van der Waals surface area (Å²) >= 11 is 1.58. The van der Waals surface area contributed by atoms with Gasteiger partial charge in [0.2, 0.25) is 5.91 Å². The van der Waals surface area contributed by atoms with E-state index in [4.69, 9.17) is 9.26 Å². The lowest BCUT2D eigenvalue weighted by Gasteiger charge is -2.01. The van der Waals surface area contributed by atoms with Crippen molar-refractivity contribution >= 4 is 17.2 Å². The van der Waals surface area contributed by atoms with E-state index in [9.17, 15) is 4.79 Å². The minimum atomic E-state index is -0.0854. The SMILES string of the molecule is O=C(Cc1ccsc1)NCc1noc([C@@H]2CCCO2)n1. The first kappa shape index (κ1) is 13.3. The fraction of sp³-hybridized carbons (Fsp3) is 0.462. The number of thiophene rings is 1. The summed E-state index contributed by atoms with van der Waals surface area (Å²) in [6.45, 7) is 1.01. The molecule has 0 aromatic carbocycles. The standard InChI is InChI=1S/C13H15N3O3S/c17-12(6-9-3-5-20-8-9)14-7-11-15-13(19-16-11)10-2-1-4-18-10/h3,5,8,10H,1-2,4,6-7H2,(H,14,17)/t10-/m0/s1. The van der Waals surface area contributed by atoms with Gasteiger partial charge in [-0.2, -0.15) is 16.3 Å². The molecular formula is C13H15N3O3S. The third-order valence-corrected chi connectivity index (χ3v) is 3.81. The van der Waals surface area contributed by atoms with Crippen LogP contribution in [0.3, 0.4) is 0 Å². The molecule has 1 atom stereocenters. The maximum atomic E-state index is 11.7. The smallest absolute Gasteiger partial charge is 0.255 e. The highest BCUT2D eigenvalue weighted by Crippen LogP contribution is 2.26. The molecule has 0 unspecified atom stereocenters. The van der Waals surface area contributed by atoms with Gasteiger partial charge in [0, 0.05) is 6.61 Å². The topological polar surface area (TPSA) is 77.2 Å². The predicted octanol–water partition coefficient (Wildman–Crippen LogP) is 1.84. The summed E-state index contributed by atoms with van der Waals surface area (Å²) in [5, 5.41) is 10.5. The van der Waals surface area contributed by atoms with Gasteiger partial charge in [0.15, 0.2) is 5.82 Å². The Morgan fingerprint density at radius 2 is 2.50 bits per heavy atom. The van der Waals surface area contributed by atoms with Gasteiger partial charge in [-0.15, -0.1) is 0 Å². The highest BCUT2D eigenvalue weighted by molar-refractivity contribution is 7.07. The number of hydrogen-bond acceptors (Lipinski definition) is 6. The molecule has 2 aromatic rings. The van der Waals surface area contributed by atoms with Gasteiger partial charge < -0.3 is 14.6 Å². The molecule has 0 saturated carbocycles. The first-order valence-corrected chi connectivity index (χ1v) is 7.47. The average Bonchev–Trinajstić information content (AvgIpc) is 3.18. The molecule has 1 N–H and O–H groups in total. The Morgan fingerprint density at radius 3 is 3.25 bits per heavy atom. The number of amides is 1. The first-order chi connectivity index (χ1) is 9.81. The number of nitrogens with zero attached hydrogens (tertiary/aromatic N) is 2. The Bertz CT molecular complexity index is 561. The second-order valence-electron chi connectivity index (χ2n) is 4.64. The summed E-state index contributed by atoms with van der Waals surface area (Å²) < 4.78 is 10.6. The molecule has 1 aliphatic heterocycles. The summed E-state index contributed by atoms with van der Waals surface area (Å²) in [6.07, 6.45) is 2.21. The summed E-state index contributed by atoms with van der Waals surface area (Å²) in [6, 6.07) is 1.94. The van der Waals surface area contributed by atoms with E-state index in [1.54, 1.807) is 11.3 Å². The molecule has 0 bridgehead atoms. The maximum absolute atomic E-state index is 11.7. The molecular weight excluding hydrogens is 278 g/mol. The Morgan fingerprint density at radius 1 is 1.55 bits per heavy atom. The van der Waals surface area contributed by atoms with E-state index in [1.807, 2.05) is 16.8 Å². The Hall–Kier alpha value is -1.73. The second kappa shape index (κ2) is 6.15. The van der Waals surface area contributed by atoms with Gasteiger partial charge in [-0.25, -0.2) is 0 Å². The van der Waals surface area contributed by atoms with E-state index in [-0.39, 0.29) is 18.6 Å². The molecule has 7 heteroatoms. The molecule has 6 nitrogen and oxygen atoms in total. The third-order valence-electron chi connectivity index (χ3n) is 3.08. The van der Waals surface area contributed by atoms with Crippen LogP contribution in [0.25, 0.3) is 0 Å². The van der Waals surface area contributed by atoms with Crippen molar-refractivity contribution < 1.29 is 14.1 Å². The van der Waals surface area contributed by atoms with E-state index in [1.165, 1.54) is 0 Å². The summed E-state index contributed by atoms with van der Waals surface area (Å²) in [5.41, 5.74) is 1.01. The zero-order valence-corrected chi connectivity index (χ0v) is 11.7. The lowest BCUT2D eigenvalue weighted by molar-refractivity contribution is -0.120. The van der Waals surface area contributed by atoms with Crippen LogP contribution < -0.4 is 5.32 Å². The van der Waals surface area contributed by atoms with Crippen LogP contribution in [0.15, 0.2) is 21.3 Å². The van der Waals surface area contributed by atoms with Crippen LogP contribution in [0.2, 0.25) is 0 Å². The van der Waals surface area contributed by atoms with Gasteiger partial charge in [-0.05, 0) is 35.2 Å². The zero-order valence-electron chi connectivity index (χ0n) is 10.9. The highest BCUT2D eigenvalue weighted by Gasteiger charge is 2.23. The van der Waals surface area contributed by atoms with Crippen LogP contribution in [0.5, 0.6) is 0 Å². The van der Waals surface area contributed by atoms with Gasteiger partial charge in [-0.1, -0.05) is 5.16 Å². The van der Waals surface area contributed by atoms with Crippen molar-refractivity contribution in [3.63, 3.8) is 0 Å². The van der Waals surface area contributed by atoms with Crippen molar-refractivity contribution in [1.29, 1.82) is 0 Å². The molecule has 106 valence electrons. The quantitative estimate of drug-likeness (QED) is 0.910. The van der Waals surface area contributed by atoms with Crippen LogP contribution in [0.1, 0.15) is 36.2 Å². The van der Waals surface area contributed by atoms with E-state index in [0.717, 1.165) is 25.0 Å². The van der Waals surface area contributed by atoms with E-state index >= 15 is 0 Å². The lowest BCUT2D eigenvalue weighted by Crippen LogP contribution is -2.24. The zero-order chi connectivity index (χ0) is 13.8. The van der Waals surface area contributed by atoms with Crippen LogP contribution in [0, 0.1) is 0 Å². The molecule has 3 heterocycles. The minimum Gasteiger partial charge on any atom is -0.368 e. The van der Waals surface area contributed by atoms with Gasteiger partial charge >= 0.3 is 0 Å². The summed E-state index contributed by atoms with van der Waals surface area (Å²) in [7, 11) is 0. The first-order valence-electron chi connectivity index (χ1n) is 6.53. The molecule has 2 aromatic heterocycles. The number of carbonyl (C=O) groups is 1. The largest absolute Gasteiger partial charge is 0.368 e. The molecule has 0 spiro atoms. The fourth-order valence-electron chi connectivity index (χ4n) is 2.06. The van der Waals surface area contributed by atoms with Crippen molar-refractivity contribution in [1.82, 2.24) is 15.5 Å². The van der Waals surface area contributed by atoms with Gasteiger partial charge in [0.05, 0.1) is 13.0 Å². The second-order valence-corrected chi connectivity index (χ2v) is 5.42. The van der Waals surface area contributed by atoms with E-state index < -0.39 is 0 Å². The van der Waals surface area contributed by atoms with Crippen molar-refractivity contribution in [2.75, 3.05) is 6.61 Å². The van der Waals surface area contributed by atoms with Crippen LogP contribution >= 0.6 is 11.3 Å². The Kier molecular flexibility index (Phi) is 4.08. The molecule has 0 radical (unpaired) electrons. The molecule has 1 aliphatic rings. The third kappa shape index (κ3) is 3.23. The number of rotatable bonds is 5. The van der Waals surface area contributed by atoms with Crippen molar-refractivity contribution in [2.24, 2.45) is 0 Å². The summed E-state index contributed by atoms with van der Waals surface area (Å²) in [4.78, 5) is 16.0. The fourth-order valence-corrected chi connectivity index (χ4v) is 2.73. The molecule has 1 amide bonds. The van der Waals surface area contributed by atoms with E-state index in [2.05, 4.69) is 15.5 Å². The number of aromatic nitrogens is 2. The molecule has 0 aliphatic carbocycles. The normalized spacial score (nSPS) is 18.3. The lowest BCUT2D eigenvalue weighted by atomic mass is 10.2. The minimum absolute atomic E-state index is 0.0492. The van der Waals surface area contributed by atoms with Crippen LogP contribution in [-0.2, 0) is 22.5 Å². The van der Waals surface area contributed by atoms with Crippen LogP contribution in [0.4, 0.5) is 0 Å². The van der Waals surface area contributed by atoms with E-state index in [0.29, 0.717) is 18.1 Å². The molecule has 20 heavy (non-hydrogen) atoms. The Labute approximate surface area is 120 Å². The number of carbonyl (C=O) groups excluding carboxylic acids is 1.